The maximum Gasteiger partial charge on any atom is 0.306 e. The molecular weight excluding hydrogens is 280 g/mol. The van der Waals surface area contributed by atoms with Gasteiger partial charge >= 0.3 is 5.97 Å². The van der Waals surface area contributed by atoms with Crippen molar-refractivity contribution in [2.45, 2.75) is 19.4 Å². The monoisotopic (exact) mass is 298 g/mol. The molecule has 22 heavy (non-hydrogen) atoms. The van der Waals surface area contributed by atoms with E-state index in [1.807, 2.05) is 42.5 Å². The molecule has 1 heterocycles. The molecule has 0 aliphatic carbocycles. The van der Waals surface area contributed by atoms with E-state index in [1.165, 1.54) is 0 Å². The summed E-state index contributed by atoms with van der Waals surface area (Å²) >= 11 is 0. The van der Waals surface area contributed by atoms with Crippen LogP contribution in [0.2, 0.25) is 0 Å². The highest BCUT2D eigenvalue weighted by atomic mass is 16.5. The van der Waals surface area contributed by atoms with Crippen LogP contribution in [-0.4, -0.2) is 17.7 Å². The highest BCUT2D eigenvalue weighted by Gasteiger charge is 2.24. The average molecular weight is 298 g/mol. The molecule has 114 valence electrons. The zero-order valence-corrected chi connectivity index (χ0v) is 12.2. The number of ether oxygens (including phenoxy) is 2. The summed E-state index contributed by atoms with van der Waals surface area (Å²) in [5, 5.41) is 9.91. The van der Waals surface area contributed by atoms with E-state index in [4.69, 9.17) is 9.47 Å². The number of carbonyl (C=O) groups is 1. The molecule has 1 saturated heterocycles. The van der Waals surface area contributed by atoms with Crippen LogP contribution in [0.5, 0.6) is 11.5 Å². The molecule has 0 unspecified atom stereocenters. The zero-order valence-electron chi connectivity index (χ0n) is 12.2. The lowest BCUT2D eigenvalue weighted by atomic mass is 9.98. The van der Waals surface area contributed by atoms with Gasteiger partial charge in [-0.2, -0.15) is 0 Å². The highest BCUT2D eigenvalue weighted by Crippen LogP contribution is 2.29. The summed E-state index contributed by atoms with van der Waals surface area (Å²) in [6.45, 7) is 0.878. The lowest BCUT2D eigenvalue weighted by Crippen LogP contribution is -2.04. The number of rotatable bonds is 5. The third-order valence-electron chi connectivity index (χ3n) is 3.72. The number of esters is 1. The number of cyclic esters (lactones) is 1. The number of aromatic hydroxyl groups is 1. The molecule has 0 spiro atoms. The molecule has 2 aromatic carbocycles. The van der Waals surface area contributed by atoms with Gasteiger partial charge < -0.3 is 14.6 Å². The third kappa shape index (κ3) is 3.58. The average Bonchev–Trinajstić information content (AvgIpc) is 2.94. The van der Waals surface area contributed by atoms with Crippen LogP contribution in [-0.2, 0) is 22.6 Å². The van der Waals surface area contributed by atoms with Gasteiger partial charge in [-0.3, -0.25) is 4.79 Å². The summed E-state index contributed by atoms with van der Waals surface area (Å²) < 4.78 is 10.7. The quantitative estimate of drug-likeness (QED) is 0.862. The van der Waals surface area contributed by atoms with Gasteiger partial charge in [-0.05, 0) is 29.7 Å². The van der Waals surface area contributed by atoms with E-state index in [-0.39, 0.29) is 17.6 Å². The van der Waals surface area contributed by atoms with Gasteiger partial charge in [-0.1, -0.05) is 36.4 Å². The fraction of sp³-hybridized carbons (Fsp3) is 0.278. The van der Waals surface area contributed by atoms with Crippen molar-refractivity contribution < 1.29 is 19.4 Å². The van der Waals surface area contributed by atoms with Crippen molar-refractivity contribution in [2.24, 2.45) is 5.92 Å². The lowest BCUT2D eigenvalue weighted by Gasteiger charge is -2.11. The summed E-state index contributed by atoms with van der Waals surface area (Å²) in [6, 6.07) is 15.1. The van der Waals surface area contributed by atoms with E-state index in [0.29, 0.717) is 25.4 Å². The number of phenolic OH excluding ortho intramolecular Hbond substituents is 1. The van der Waals surface area contributed by atoms with E-state index in [2.05, 4.69) is 0 Å². The van der Waals surface area contributed by atoms with Crippen molar-refractivity contribution in [3.8, 4) is 11.5 Å². The molecule has 0 saturated carbocycles. The molecule has 0 radical (unpaired) electrons. The second kappa shape index (κ2) is 6.52. The van der Waals surface area contributed by atoms with Crippen molar-refractivity contribution in [1.29, 1.82) is 0 Å². The number of phenols is 1. The van der Waals surface area contributed by atoms with Crippen molar-refractivity contribution >= 4 is 5.97 Å². The Morgan fingerprint density at radius 2 is 1.95 bits per heavy atom. The largest absolute Gasteiger partial charge is 0.504 e. The van der Waals surface area contributed by atoms with Gasteiger partial charge in [-0.25, -0.2) is 0 Å². The predicted octanol–water partition coefficient (Wildman–Crippen LogP) is 3.08. The number of carbonyl (C=O) groups excluding carboxylic acids is 1. The molecule has 1 N–H and O–H groups in total. The first-order chi connectivity index (χ1) is 10.7. The number of hydrogen-bond donors (Lipinski definition) is 1. The first kappa shape index (κ1) is 14.4. The fourth-order valence-corrected chi connectivity index (χ4v) is 2.57. The highest BCUT2D eigenvalue weighted by molar-refractivity contribution is 5.71. The van der Waals surface area contributed by atoms with Crippen LogP contribution in [0.4, 0.5) is 0 Å². The molecule has 1 aliphatic rings. The maximum absolute atomic E-state index is 11.1. The van der Waals surface area contributed by atoms with Crippen LogP contribution in [0, 0.1) is 5.92 Å². The molecular formula is C18H18O4. The standard InChI is InChI=1S/C18H18O4/c19-16-7-6-14(8-15-10-18(20)22-12-15)9-17(16)21-11-13-4-2-1-3-5-13/h1-7,9,15,19H,8,10-12H2/t15-/m1/s1. The van der Waals surface area contributed by atoms with E-state index >= 15 is 0 Å². The van der Waals surface area contributed by atoms with Gasteiger partial charge in [-0.15, -0.1) is 0 Å². The van der Waals surface area contributed by atoms with Gasteiger partial charge in [0, 0.05) is 5.92 Å². The van der Waals surface area contributed by atoms with Crippen molar-refractivity contribution in [1.82, 2.24) is 0 Å². The Bertz CT molecular complexity index is 651. The number of hydrogen-bond acceptors (Lipinski definition) is 4. The van der Waals surface area contributed by atoms with E-state index in [9.17, 15) is 9.90 Å². The van der Waals surface area contributed by atoms with E-state index < -0.39 is 0 Å². The lowest BCUT2D eigenvalue weighted by molar-refractivity contribution is -0.137. The minimum atomic E-state index is -0.135. The Morgan fingerprint density at radius 1 is 1.14 bits per heavy atom. The molecule has 1 atom stereocenters. The van der Waals surface area contributed by atoms with Crippen molar-refractivity contribution in [3.05, 3.63) is 59.7 Å². The molecule has 0 aromatic heterocycles. The van der Waals surface area contributed by atoms with Crippen molar-refractivity contribution in [2.75, 3.05) is 6.61 Å². The summed E-state index contributed by atoms with van der Waals surface area (Å²) in [4.78, 5) is 11.1. The molecule has 4 nitrogen and oxygen atoms in total. The van der Waals surface area contributed by atoms with Gasteiger partial charge in [0.25, 0.3) is 0 Å². The molecule has 0 amide bonds. The summed E-state index contributed by atoms with van der Waals surface area (Å²) in [7, 11) is 0. The van der Waals surface area contributed by atoms with Crippen LogP contribution < -0.4 is 4.74 Å². The van der Waals surface area contributed by atoms with E-state index in [1.54, 1.807) is 6.07 Å². The predicted molar refractivity (Wildman–Crippen MR) is 81.7 cm³/mol. The Kier molecular flexibility index (Phi) is 4.28. The third-order valence-corrected chi connectivity index (χ3v) is 3.72. The molecule has 3 rings (SSSR count). The molecule has 2 aromatic rings. The molecule has 1 fully saturated rings. The van der Waals surface area contributed by atoms with Crippen molar-refractivity contribution in [3.63, 3.8) is 0 Å². The first-order valence-electron chi connectivity index (χ1n) is 7.35. The summed E-state index contributed by atoms with van der Waals surface area (Å²) in [5.41, 5.74) is 2.08. The van der Waals surface area contributed by atoms with Gasteiger partial charge in [0.15, 0.2) is 11.5 Å². The first-order valence-corrected chi connectivity index (χ1v) is 7.35. The van der Waals surface area contributed by atoms with Crippen LogP contribution in [0.3, 0.4) is 0 Å². The Morgan fingerprint density at radius 3 is 2.68 bits per heavy atom. The van der Waals surface area contributed by atoms with Gasteiger partial charge in [0.2, 0.25) is 0 Å². The minimum Gasteiger partial charge on any atom is -0.504 e. The summed E-state index contributed by atoms with van der Waals surface area (Å²) in [5.74, 6) is 0.661. The Balaban J connectivity index is 1.66. The fourth-order valence-electron chi connectivity index (χ4n) is 2.57. The van der Waals surface area contributed by atoms with E-state index in [0.717, 1.165) is 17.5 Å². The minimum absolute atomic E-state index is 0.124. The topological polar surface area (TPSA) is 55.8 Å². The molecule has 4 heteroatoms. The molecule has 1 aliphatic heterocycles. The van der Waals surface area contributed by atoms with Crippen LogP contribution in [0.25, 0.3) is 0 Å². The van der Waals surface area contributed by atoms with Crippen LogP contribution >= 0.6 is 0 Å². The van der Waals surface area contributed by atoms with Gasteiger partial charge in [0.05, 0.1) is 13.0 Å². The summed E-state index contributed by atoms with van der Waals surface area (Å²) in [6.07, 6.45) is 1.20. The van der Waals surface area contributed by atoms with Crippen LogP contribution in [0.1, 0.15) is 17.5 Å². The zero-order chi connectivity index (χ0) is 15.4. The smallest absolute Gasteiger partial charge is 0.306 e. The SMILES string of the molecule is O=C1C[C@@H](Cc2ccc(O)c(OCc3ccccc3)c2)CO1. The number of benzene rings is 2. The normalized spacial score (nSPS) is 17.3. The van der Waals surface area contributed by atoms with Gasteiger partial charge in [0.1, 0.15) is 6.61 Å². The Labute approximate surface area is 129 Å². The second-order valence-electron chi connectivity index (χ2n) is 5.53. The Hall–Kier alpha value is -2.49. The second-order valence-corrected chi connectivity index (χ2v) is 5.53. The molecule has 0 bridgehead atoms. The maximum atomic E-state index is 11.1. The van der Waals surface area contributed by atoms with Crippen LogP contribution in [0.15, 0.2) is 48.5 Å².